The quantitative estimate of drug-likeness (QED) is 0.274. The molecule has 0 spiro atoms. The van der Waals surface area contributed by atoms with Crippen LogP contribution in [0.15, 0.2) is 84.0 Å². The standard InChI is InChI=1S/C11H17N.C8H10.C6H10.C4H10/c1-4-7-8-10(5-2)11(6-3)9-12;1-7-3-5-8(2)6-4-7;1-5(2)6(3)4;1-3-4-2/h4-7,9,12H,8H2,1-3H3;3-6H,1-2H3;1,3H2,2,4H3;3-4H2,1-2H3/b7-4-,10-5+,11-6+,12-9?;;;. The van der Waals surface area contributed by atoms with Gasteiger partial charge in [-0.2, -0.15) is 0 Å². The summed E-state index contributed by atoms with van der Waals surface area (Å²) in [6.45, 7) is 25.7. The zero-order valence-corrected chi connectivity index (χ0v) is 21.2. The van der Waals surface area contributed by atoms with Gasteiger partial charge in [-0.25, -0.2) is 0 Å². The van der Waals surface area contributed by atoms with Crippen molar-refractivity contribution in [3.63, 3.8) is 0 Å². The van der Waals surface area contributed by atoms with Crippen molar-refractivity contribution in [1.29, 1.82) is 5.41 Å². The van der Waals surface area contributed by atoms with Gasteiger partial charge >= 0.3 is 0 Å². The Morgan fingerprint density at radius 2 is 1.23 bits per heavy atom. The molecule has 0 bridgehead atoms. The molecule has 1 nitrogen and oxygen atoms in total. The number of rotatable bonds is 6. The molecule has 0 saturated heterocycles. The van der Waals surface area contributed by atoms with Gasteiger partial charge in [0.1, 0.15) is 0 Å². The Labute approximate surface area is 188 Å². The van der Waals surface area contributed by atoms with Crippen molar-refractivity contribution in [3.8, 4) is 0 Å². The van der Waals surface area contributed by atoms with Crippen LogP contribution in [0.4, 0.5) is 0 Å². The third-order valence-corrected chi connectivity index (χ3v) is 4.21. The first-order chi connectivity index (χ1) is 14.1. The molecule has 1 heteroatoms. The van der Waals surface area contributed by atoms with E-state index in [1.165, 1.54) is 35.8 Å². The maximum absolute atomic E-state index is 7.17. The van der Waals surface area contributed by atoms with Crippen LogP contribution in [0.2, 0.25) is 0 Å². The van der Waals surface area contributed by atoms with Crippen LogP contribution < -0.4 is 0 Å². The number of hydrogen-bond donors (Lipinski definition) is 1. The van der Waals surface area contributed by atoms with E-state index < -0.39 is 0 Å². The normalized spacial score (nSPS) is 10.6. The van der Waals surface area contributed by atoms with E-state index in [9.17, 15) is 0 Å². The lowest BCUT2D eigenvalue weighted by molar-refractivity contribution is 0.886. The first kappa shape index (κ1) is 32.3. The van der Waals surface area contributed by atoms with Crippen molar-refractivity contribution in [1.82, 2.24) is 0 Å². The lowest BCUT2D eigenvalue weighted by atomic mass is 10.0. The van der Waals surface area contributed by atoms with E-state index in [2.05, 4.69) is 77.3 Å². The predicted octanol–water partition coefficient (Wildman–Crippen LogP) is 9.74. The Bertz CT molecular complexity index is 632. The molecule has 1 rings (SSSR count). The lowest BCUT2D eigenvalue weighted by Crippen LogP contribution is -1.88. The number of unbranched alkanes of at least 4 members (excludes halogenated alkanes) is 1. The summed E-state index contributed by atoms with van der Waals surface area (Å²) in [6, 6.07) is 8.48. The fraction of sp³-hybridized carbons (Fsp3) is 0.414. The minimum atomic E-state index is 0.919. The van der Waals surface area contributed by atoms with E-state index in [1.54, 1.807) is 0 Å². The summed E-state index contributed by atoms with van der Waals surface area (Å²) in [5.74, 6) is 0. The molecule has 0 radical (unpaired) electrons. The van der Waals surface area contributed by atoms with Crippen LogP contribution in [0.3, 0.4) is 0 Å². The summed E-state index contributed by atoms with van der Waals surface area (Å²) in [4.78, 5) is 0. The van der Waals surface area contributed by atoms with Gasteiger partial charge in [-0.05, 0) is 66.0 Å². The Kier molecular flexibility index (Phi) is 24.6. The van der Waals surface area contributed by atoms with E-state index >= 15 is 0 Å². The Balaban J connectivity index is -0.000000351. The van der Waals surface area contributed by atoms with Crippen LogP contribution in [0.25, 0.3) is 0 Å². The fourth-order valence-electron chi connectivity index (χ4n) is 1.65. The summed E-state index contributed by atoms with van der Waals surface area (Å²) in [5.41, 5.74) is 7.01. The second kappa shape index (κ2) is 22.9. The van der Waals surface area contributed by atoms with Crippen molar-refractivity contribution in [2.45, 2.75) is 81.6 Å². The SMILES string of the molecule is C/C=C\CC(=C\C)/C(C=N)=C/C.C=C(C)C(=C)C.CCCC.Cc1ccc(C)cc1. The molecule has 1 aromatic rings. The van der Waals surface area contributed by atoms with Gasteiger partial charge in [-0.3, -0.25) is 0 Å². The highest BCUT2D eigenvalue weighted by Crippen LogP contribution is 2.12. The second-order valence-electron chi connectivity index (χ2n) is 7.19. The Hall–Kier alpha value is -2.41. The van der Waals surface area contributed by atoms with E-state index in [-0.39, 0.29) is 0 Å². The highest BCUT2D eigenvalue weighted by atomic mass is 14.3. The smallest absolute Gasteiger partial charge is 0.0249 e. The predicted molar refractivity (Wildman–Crippen MR) is 142 cm³/mol. The zero-order valence-electron chi connectivity index (χ0n) is 21.2. The van der Waals surface area contributed by atoms with Gasteiger partial charge in [0.2, 0.25) is 0 Å². The maximum Gasteiger partial charge on any atom is 0.0249 e. The van der Waals surface area contributed by atoms with Crippen molar-refractivity contribution in [2.75, 3.05) is 0 Å². The highest BCUT2D eigenvalue weighted by Gasteiger charge is 1.96. The molecule has 0 aliphatic carbocycles. The first-order valence-electron chi connectivity index (χ1n) is 10.9. The van der Waals surface area contributed by atoms with Crippen molar-refractivity contribution in [3.05, 3.63) is 95.1 Å². The molecule has 0 amide bonds. The molecule has 1 aromatic carbocycles. The van der Waals surface area contributed by atoms with Crippen molar-refractivity contribution in [2.24, 2.45) is 0 Å². The molecule has 30 heavy (non-hydrogen) atoms. The Morgan fingerprint density at radius 3 is 1.43 bits per heavy atom. The van der Waals surface area contributed by atoms with Gasteiger partial charge in [-0.15, -0.1) is 0 Å². The minimum absolute atomic E-state index is 0.919. The topological polar surface area (TPSA) is 23.9 Å². The molecule has 0 aromatic heterocycles. The van der Waals surface area contributed by atoms with E-state index in [4.69, 9.17) is 5.41 Å². The molecule has 0 fully saturated rings. The van der Waals surface area contributed by atoms with Crippen LogP contribution in [0, 0.1) is 19.3 Å². The Morgan fingerprint density at radius 1 is 0.833 bits per heavy atom. The lowest BCUT2D eigenvalue weighted by Gasteiger charge is -2.02. The monoisotopic (exact) mass is 409 g/mol. The van der Waals surface area contributed by atoms with Gasteiger partial charge in [0.05, 0.1) is 0 Å². The average molecular weight is 410 g/mol. The van der Waals surface area contributed by atoms with Crippen LogP contribution in [0.1, 0.15) is 78.9 Å². The van der Waals surface area contributed by atoms with Gasteiger partial charge in [0, 0.05) is 6.21 Å². The molecular formula is C29H47N. The first-order valence-corrected chi connectivity index (χ1v) is 10.9. The molecule has 0 aliphatic heterocycles. The second-order valence-corrected chi connectivity index (χ2v) is 7.19. The molecule has 0 unspecified atom stereocenters. The van der Waals surface area contributed by atoms with Crippen molar-refractivity contribution < 1.29 is 0 Å². The highest BCUT2D eigenvalue weighted by molar-refractivity contribution is 5.82. The maximum atomic E-state index is 7.17. The van der Waals surface area contributed by atoms with Crippen LogP contribution in [0.5, 0.6) is 0 Å². The molecule has 0 heterocycles. The van der Waals surface area contributed by atoms with Gasteiger partial charge in [0.15, 0.2) is 0 Å². The summed E-state index contributed by atoms with van der Waals surface area (Å²) in [5, 5.41) is 7.17. The number of nitrogens with one attached hydrogen (secondary N) is 1. The molecule has 0 aliphatic rings. The third kappa shape index (κ3) is 21.9. The average Bonchev–Trinajstić information content (AvgIpc) is 2.74. The fourth-order valence-corrected chi connectivity index (χ4v) is 1.65. The molecule has 1 N–H and O–H groups in total. The zero-order chi connectivity index (χ0) is 23.9. The minimum Gasteiger partial charge on any atom is -0.308 e. The largest absolute Gasteiger partial charge is 0.308 e. The number of benzene rings is 1. The summed E-state index contributed by atoms with van der Waals surface area (Å²) in [7, 11) is 0. The van der Waals surface area contributed by atoms with Gasteiger partial charge in [-0.1, -0.05) is 111 Å². The van der Waals surface area contributed by atoms with Gasteiger partial charge < -0.3 is 5.41 Å². The number of aryl methyl sites for hydroxylation is 2. The summed E-state index contributed by atoms with van der Waals surface area (Å²) >= 11 is 0. The van der Waals surface area contributed by atoms with E-state index in [0.29, 0.717) is 0 Å². The third-order valence-electron chi connectivity index (χ3n) is 4.21. The van der Waals surface area contributed by atoms with Crippen LogP contribution in [-0.4, -0.2) is 6.21 Å². The number of hydrogen-bond acceptors (Lipinski definition) is 1. The molecular weight excluding hydrogens is 362 g/mol. The van der Waals surface area contributed by atoms with Crippen LogP contribution in [-0.2, 0) is 0 Å². The van der Waals surface area contributed by atoms with Crippen molar-refractivity contribution >= 4 is 6.21 Å². The molecule has 0 saturated carbocycles. The molecule has 0 atom stereocenters. The summed E-state index contributed by atoms with van der Waals surface area (Å²) in [6.07, 6.45) is 13.1. The van der Waals surface area contributed by atoms with Crippen LogP contribution >= 0.6 is 0 Å². The number of allylic oxidation sites excluding steroid dienone is 8. The van der Waals surface area contributed by atoms with Gasteiger partial charge in [0.25, 0.3) is 0 Å². The van der Waals surface area contributed by atoms with E-state index in [1.807, 2.05) is 46.8 Å². The summed E-state index contributed by atoms with van der Waals surface area (Å²) < 4.78 is 0. The van der Waals surface area contributed by atoms with E-state index in [0.717, 1.165) is 23.1 Å². The molecule has 168 valence electrons.